The molecule has 5 heteroatoms. The van der Waals surface area contributed by atoms with Crippen LogP contribution < -0.4 is 14.8 Å². The van der Waals surface area contributed by atoms with Crippen molar-refractivity contribution in [2.75, 3.05) is 20.8 Å². The first-order valence-electron chi connectivity index (χ1n) is 7.32. The lowest BCUT2D eigenvalue weighted by Gasteiger charge is -2.29. The lowest BCUT2D eigenvalue weighted by atomic mass is 10.0. The minimum absolute atomic E-state index is 0.0446. The van der Waals surface area contributed by atoms with Crippen molar-refractivity contribution in [1.29, 1.82) is 0 Å². The van der Waals surface area contributed by atoms with Crippen molar-refractivity contribution in [1.82, 2.24) is 5.32 Å². The summed E-state index contributed by atoms with van der Waals surface area (Å²) in [5, 5.41) is 3.48. The second-order valence-corrected chi connectivity index (χ2v) is 5.24. The largest absolute Gasteiger partial charge is 0.493 e. The molecule has 0 spiro atoms. The second-order valence-electron chi connectivity index (χ2n) is 5.24. The van der Waals surface area contributed by atoms with Gasteiger partial charge in [0.05, 0.1) is 19.8 Å². The topological polar surface area (TPSA) is 56.8 Å². The Bertz CT molecular complexity index is 483. The number of benzene rings is 1. The SMILES string of the molecule is COC(=O)c1ccc(OC(C)C2CCCCN2)c(OC)c1. The highest BCUT2D eigenvalue weighted by molar-refractivity contribution is 5.90. The Labute approximate surface area is 125 Å². The summed E-state index contributed by atoms with van der Waals surface area (Å²) in [4.78, 5) is 11.5. The third kappa shape index (κ3) is 3.88. The molecule has 0 amide bonds. The van der Waals surface area contributed by atoms with Crippen molar-refractivity contribution in [3.8, 4) is 11.5 Å². The van der Waals surface area contributed by atoms with Gasteiger partial charge >= 0.3 is 5.97 Å². The van der Waals surface area contributed by atoms with E-state index in [-0.39, 0.29) is 12.1 Å². The Morgan fingerprint density at radius 2 is 2.10 bits per heavy atom. The molecule has 2 rings (SSSR count). The van der Waals surface area contributed by atoms with E-state index in [9.17, 15) is 4.79 Å². The standard InChI is InChI=1S/C16H23NO4/c1-11(13-6-4-5-9-17-13)21-14-8-7-12(16(18)20-3)10-15(14)19-2/h7-8,10-11,13,17H,4-6,9H2,1-3H3. The molecule has 0 radical (unpaired) electrons. The smallest absolute Gasteiger partial charge is 0.337 e. The minimum Gasteiger partial charge on any atom is -0.493 e. The molecule has 1 aliphatic heterocycles. The van der Waals surface area contributed by atoms with E-state index in [0.717, 1.165) is 13.0 Å². The summed E-state index contributed by atoms with van der Waals surface area (Å²) in [5.41, 5.74) is 0.449. The maximum atomic E-state index is 11.5. The molecular formula is C16H23NO4. The number of rotatable bonds is 5. The van der Waals surface area contributed by atoms with Crippen LogP contribution in [0.3, 0.4) is 0 Å². The normalized spacial score (nSPS) is 19.7. The third-order valence-corrected chi connectivity index (χ3v) is 3.81. The highest BCUT2D eigenvalue weighted by Crippen LogP contribution is 2.30. The minimum atomic E-state index is -0.387. The lowest BCUT2D eigenvalue weighted by Crippen LogP contribution is -2.44. The van der Waals surface area contributed by atoms with Crippen LogP contribution in [0.1, 0.15) is 36.5 Å². The predicted molar refractivity (Wildman–Crippen MR) is 80.1 cm³/mol. The van der Waals surface area contributed by atoms with Crippen LogP contribution in [0.2, 0.25) is 0 Å². The van der Waals surface area contributed by atoms with Gasteiger partial charge in [0.15, 0.2) is 11.5 Å². The molecule has 2 atom stereocenters. The summed E-state index contributed by atoms with van der Waals surface area (Å²) < 4.78 is 16.0. The van der Waals surface area contributed by atoms with Crippen molar-refractivity contribution in [3.05, 3.63) is 23.8 Å². The van der Waals surface area contributed by atoms with Crippen molar-refractivity contribution in [3.63, 3.8) is 0 Å². The fraction of sp³-hybridized carbons (Fsp3) is 0.562. The Kier molecular flexibility index (Phi) is 5.44. The van der Waals surface area contributed by atoms with Gasteiger partial charge in [-0.1, -0.05) is 6.42 Å². The molecule has 0 aliphatic carbocycles. The Balaban J connectivity index is 2.09. The summed E-state index contributed by atoms with van der Waals surface area (Å²) in [6.07, 6.45) is 3.61. The van der Waals surface area contributed by atoms with Crippen molar-refractivity contribution >= 4 is 5.97 Å². The van der Waals surface area contributed by atoms with Crippen LogP contribution in [-0.2, 0) is 4.74 Å². The number of carbonyl (C=O) groups excluding carboxylic acids is 1. The first-order valence-corrected chi connectivity index (χ1v) is 7.32. The van der Waals surface area contributed by atoms with Gasteiger partial charge in [-0.15, -0.1) is 0 Å². The summed E-state index contributed by atoms with van der Waals surface area (Å²) in [6, 6.07) is 5.43. The fourth-order valence-corrected chi connectivity index (χ4v) is 2.57. The van der Waals surface area contributed by atoms with Crippen LogP contribution in [0.5, 0.6) is 11.5 Å². The number of piperidine rings is 1. The molecular weight excluding hydrogens is 270 g/mol. The average molecular weight is 293 g/mol. The molecule has 116 valence electrons. The van der Waals surface area contributed by atoms with Gasteiger partial charge < -0.3 is 19.5 Å². The molecule has 2 unspecified atom stereocenters. The summed E-state index contributed by atoms with van der Waals surface area (Å²) in [5.74, 6) is 0.799. The molecule has 1 aliphatic rings. The van der Waals surface area contributed by atoms with Gasteiger partial charge in [-0.05, 0) is 44.5 Å². The van der Waals surface area contributed by atoms with Crippen LogP contribution in [0.25, 0.3) is 0 Å². The third-order valence-electron chi connectivity index (χ3n) is 3.81. The van der Waals surface area contributed by atoms with E-state index in [1.807, 2.05) is 0 Å². The zero-order valence-electron chi connectivity index (χ0n) is 12.8. The highest BCUT2D eigenvalue weighted by Gasteiger charge is 2.22. The summed E-state index contributed by atoms with van der Waals surface area (Å²) in [6.45, 7) is 3.09. The molecule has 5 nitrogen and oxygen atoms in total. The van der Waals surface area contributed by atoms with E-state index in [2.05, 4.69) is 12.2 Å². The van der Waals surface area contributed by atoms with E-state index in [1.54, 1.807) is 25.3 Å². The van der Waals surface area contributed by atoms with Gasteiger partial charge in [-0.2, -0.15) is 0 Å². The zero-order valence-corrected chi connectivity index (χ0v) is 12.8. The van der Waals surface area contributed by atoms with Gasteiger partial charge in [0.2, 0.25) is 0 Å². The Hall–Kier alpha value is -1.75. The molecule has 0 aromatic heterocycles. The number of hydrogen-bond acceptors (Lipinski definition) is 5. The first-order chi connectivity index (χ1) is 10.2. The maximum absolute atomic E-state index is 11.5. The van der Waals surface area contributed by atoms with Gasteiger partial charge in [0, 0.05) is 6.04 Å². The van der Waals surface area contributed by atoms with Crippen LogP contribution in [0.15, 0.2) is 18.2 Å². The molecule has 0 bridgehead atoms. The van der Waals surface area contributed by atoms with Crippen LogP contribution in [0.4, 0.5) is 0 Å². The Morgan fingerprint density at radius 1 is 1.29 bits per heavy atom. The number of nitrogens with one attached hydrogen (secondary N) is 1. The zero-order chi connectivity index (χ0) is 15.2. The quantitative estimate of drug-likeness (QED) is 0.845. The molecule has 1 fully saturated rings. The van der Waals surface area contributed by atoms with Gasteiger partial charge in [0.1, 0.15) is 6.10 Å². The highest BCUT2D eigenvalue weighted by atomic mass is 16.5. The van der Waals surface area contributed by atoms with E-state index in [0.29, 0.717) is 23.1 Å². The number of carbonyl (C=O) groups is 1. The van der Waals surface area contributed by atoms with E-state index in [1.165, 1.54) is 20.0 Å². The molecule has 1 heterocycles. The number of ether oxygens (including phenoxy) is 3. The number of methoxy groups -OCH3 is 2. The van der Waals surface area contributed by atoms with Gasteiger partial charge in [-0.25, -0.2) is 4.79 Å². The molecule has 1 aromatic carbocycles. The molecule has 1 aromatic rings. The molecule has 1 saturated heterocycles. The summed E-state index contributed by atoms with van der Waals surface area (Å²) in [7, 11) is 2.92. The van der Waals surface area contributed by atoms with Crippen LogP contribution in [0, 0.1) is 0 Å². The van der Waals surface area contributed by atoms with Crippen molar-refractivity contribution in [2.24, 2.45) is 0 Å². The van der Waals surface area contributed by atoms with Crippen molar-refractivity contribution < 1.29 is 19.0 Å². The van der Waals surface area contributed by atoms with E-state index < -0.39 is 0 Å². The Morgan fingerprint density at radius 3 is 2.71 bits per heavy atom. The second kappa shape index (κ2) is 7.31. The van der Waals surface area contributed by atoms with Gasteiger partial charge in [-0.3, -0.25) is 0 Å². The monoisotopic (exact) mass is 293 g/mol. The predicted octanol–water partition coefficient (Wildman–Crippen LogP) is 2.39. The molecule has 21 heavy (non-hydrogen) atoms. The van der Waals surface area contributed by atoms with Gasteiger partial charge in [0.25, 0.3) is 0 Å². The number of esters is 1. The van der Waals surface area contributed by atoms with E-state index in [4.69, 9.17) is 14.2 Å². The maximum Gasteiger partial charge on any atom is 0.337 e. The molecule has 0 saturated carbocycles. The van der Waals surface area contributed by atoms with Crippen molar-refractivity contribution in [2.45, 2.75) is 38.3 Å². The average Bonchev–Trinajstić information content (AvgIpc) is 2.55. The lowest BCUT2D eigenvalue weighted by molar-refractivity contribution is 0.0600. The fourth-order valence-electron chi connectivity index (χ4n) is 2.57. The van der Waals surface area contributed by atoms with Crippen LogP contribution in [-0.4, -0.2) is 38.9 Å². The summed E-state index contributed by atoms with van der Waals surface area (Å²) >= 11 is 0. The number of hydrogen-bond donors (Lipinski definition) is 1. The first kappa shape index (κ1) is 15.6. The van der Waals surface area contributed by atoms with E-state index >= 15 is 0 Å². The molecule has 1 N–H and O–H groups in total. The van der Waals surface area contributed by atoms with Crippen LogP contribution >= 0.6 is 0 Å².